The number of hydrogen-bond acceptors (Lipinski definition) is 5. The Labute approximate surface area is 130 Å². The largest absolute Gasteiger partial charge is 0.386 e. The predicted molar refractivity (Wildman–Crippen MR) is 80.2 cm³/mol. The maximum atomic E-state index is 12.4. The van der Waals surface area contributed by atoms with E-state index in [0.717, 1.165) is 0 Å². The molecule has 0 aromatic heterocycles. The van der Waals surface area contributed by atoms with Crippen LogP contribution in [0.4, 0.5) is 0 Å². The molecule has 0 aromatic rings. The molecule has 0 amide bonds. The number of carbonyl (C=O) groups is 1. The van der Waals surface area contributed by atoms with Gasteiger partial charge in [-0.1, -0.05) is 26.0 Å². The first-order chi connectivity index (χ1) is 9.98. The molecule has 5 heteroatoms. The third-order valence-corrected chi connectivity index (χ3v) is 4.39. The lowest BCUT2D eigenvalue weighted by molar-refractivity contribution is -0.297. The van der Waals surface area contributed by atoms with Crippen molar-refractivity contribution in [3.8, 4) is 0 Å². The minimum Gasteiger partial charge on any atom is -0.386 e. The van der Waals surface area contributed by atoms with Gasteiger partial charge in [0, 0.05) is 11.0 Å². The second-order valence-electron chi connectivity index (χ2n) is 7.96. The van der Waals surface area contributed by atoms with Crippen molar-refractivity contribution in [3.63, 3.8) is 0 Å². The number of ketones is 1. The molecule has 0 bridgehead atoms. The lowest BCUT2D eigenvalue weighted by Crippen LogP contribution is -2.57. The minimum absolute atomic E-state index is 0.0651. The third kappa shape index (κ3) is 2.46. The molecule has 5 nitrogen and oxygen atoms in total. The van der Waals surface area contributed by atoms with Crippen LogP contribution in [-0.2, 0) is 19.0 Å². The standard InChI is InChI=1S/C17H24O5/c1-14(2)9-20-17(21-10-14)8-11(6-7-15(3,4)19)12(18)13-16(17,5)22-13/h6-8,13,19H,9-10H2,1-5H3/b7-6+/t13-,16-/m1/s1. The number of aliphatic hydroxyl groups is 1. The van der Waals surface area contributed by atoms with Crippen LogP contribution in [0.25, 0.3) is 0 Å². The quantitative estimate of drug-likeness (QED) is 0.787. The highest BCUT2D eigenvalue weighted by Gasteiger charge is 2.73. The van der Waals surface area contributed by atoms with E-state index in [1.807, 2.05) is 6.92 Å². The van der Waals surface area contributed by atoms with Gasteiger partial charge in [0.25, 0.3) is 0 Å². The zero-order chi connectivity index (χ0) is 16.4. The maximum absolute atomic E-state index is 12.4. The molecule has 1 N–H and O–H groups in total. The van der Waals surface area contributed by atoms with Gasteiger partial charge in [-0.2, -0.15) is 0 Å². The van der Waals surface area contributed by atoms with E-state index in [1.54, 1.807) is 32.1 Å². The molecular formula is C17H24O5. The monoisotopic (exact) mass is 308 g/mol. The average Bonchev–Trinajstić information content (AvgIpc) is 3.09. The SMILES string of the molecule is CC(C)(O)/C=C/C1=CC2(OCC(C)(C)CO2)[C@]2(C)O[C@@H]2C1=O. The lowest BCUT2D eigenvalue weighted by atomic mass is 9.82. The van der Waals surface area contributed by atoms with Crippen molar-refractivity contribution in [1.29, 1.82) is 0 Å². The van der Waals surface area contributed by atoms with Gasteiger partial charge in [-0.25, -0.2) is 0 Å². The topological polar surface area (TPSA) is 68.3 Å². The number of epoxide rings is 1. The maximum Gasteiger partial charge on any atom is 0.221 e. The van der Waals surface area contributed by atoms with Crippen molar-refractivity contribution >= 4 is 5.78 Å². The number of rotatable bonds is 2. The second kappa shape index (κ2) is 4.51. The summed E-state index contributed by atoms with van der Waals surface area (Å²) in [6.07, 6.45) is 4.37. The van der Waals surface area contributed by atoms with Crippen LogP contribution in [0.2, 0.25) is 0 Å². The van der Waals surface area contributed by atoms with Gasteiger partial charge in [-0.3, -0.25) is 4.79 Å². The van der Waals surface area contributed by atoms with Gasteiger partial charge < -0.3 is 19.3 Å². The number of allylic oxidation sites excluding steroid dienone is 1. The Morgan fingerprint density at radius 3 is 2.41 bits per heavy atom. The van der Waals surface area contributed by atoms with Gasteiger partial charge in [0.1, 0.15) is 0 Å². The lowest BCUT2D eigenvalue weighted by Gasteiger charge is -2.45. The molecular weight excluding hydrogens is 284 g/mol. The second-order valence-corrected chi connectivity index (χ2v) is 7.96. The van der Waals surface area contributed by atoms with Crippen LogP contribution in [0.3, 0.4) is 0 Å². The van der Waals surface area contributed by atoms with Crippen LogP contribution in [0.15, 0.2) is 23.8 Å². The van der Waals surface area contributed by atoms with E-state index in [4.69, 9.17) is 14.2 Å². The molecule has 122 valence electrons. The fourth-order valence-corrected chi connectivity index (χ4v) is 2.83. The van der Waals surface area contributed by atoms with Gasteiger partial charge in [-0.05, 0) is 26.8 Å². The Morgan fingerprint density at radius 1 is 1.27 bits per heavy atom. The molecule has 3 aliphatic rings. The van der Waals surface area contributed by atoms with E-state index >= 15 is 0 Å². The fourth-order valence-electron chi connectivity index (χ4n) is 2.83. The van der Waals surface area contributed by atoms with Crippen LogP contribution >= 0.6 is 0 Å². The first kappa shape index (κ1) is 15.9. The molecule has 1 spiro atoms. The van der Waals surface area contributed by atoms with Crippen molar-refractivity contribution < 1.29 is 24.1 Å². The Kier molecular flexibility index (Phi) is 3.25. The Morgan fingerprint density at radius 2 is 1.86 bits per heavy atom. The smallest absolute Gasteiger partial charge is 0.221 e. The zero-order valence-electron chi connectivity index (χ0n) is 13.8. The van der Waals surface area contributed by atoms with Crippen molar-refractivity contribution in [1.82, 2.24) is 0 Å². The molecule has 0 saturated carbocycles. The molecule has 0 radical (unpaired) electrons. The Hall–Kier alpha value is -1.01. The minimum atomic E-state index is -1.03. The molecule has 0 unspecified atom stereocenters. The van der Waals surface area contributed by atoms with Gasteiger partial charge in [0.05, 0.1) is 18.8 Å². The summed E-state index contributed by atoms with van der Waals surface area (Å²) in [6, 6.07) is 0. The van der Waals surface area contributed by atoms with Gasteiger partial charge in [0.2, 0.25) is 5.79 Å². The molecule has 2 heterocycles. The van der Waals surface area contributed by atoms with Crippen molar-refractivity contribution in [3.05, 3.63) is 23.8 Å². The summed E-state index contributed by atoms with van der Waals surface area (Å²) in [5, 5.41) is 9.81. The van der Waals surface area contributed by atoms with Crippen LogP contribution < -0.4 is 0 Å². The number of hydrogen-bond donors (Lipinski definition) is 1. The predicted octanol–water partition coefficient (Wildman–Crippen LogP) is 1.75. The van der Waals surface area contributed by atoms with E-state index in [-0.39, 0.29) is 11.2 Å². The van der Waals surface area contributed by atoms with Gasteiger partial charge >= 0.3 is 0 Å². The van der Waals surface area contributed by atoms with Crippen LogP contribution in [0.1, 0.15) is 34.6 Å². The van der Waals surface area contributed by atoms with E-state index in [2.05, 4.69) is 13.8 Å². The highest BCUT2D eigenvalue weighted by molar-refractivity contribution is 6.05. The number of carbonyl (C=O) groups excluding carboxylic acids is 1. The molecule has 1 aliphatic carbocycles. The first-order valence-electron chi connectivity index (χ1n) is 7.63. The van der Waals surface area contributed by atoms with Crippen molar-refractivity contribution in [2.24, 2.45) is 5.41 Å². The van der Waals surface area contributed by atoms with Gasteiger partial charge in [-0.15, -0.1) is 0 Å². The van der Waals surface area contributed by atoms with Crippen molar-refractivity contribution in [2.75, 3.05) is 13.2 Å². The summed E-state index contributed by atoms with van der Waals surface area (Å²) in [7, 11) is 0. The Balaban J connectivity index is 1.94. The highest BCUT2D eigenvalue weighted by Crippen LogP contribution is 2.55. The molecule has 0 aromatic carbocycles. The van der Waals surface area contributed by atoms with Gasteiger partial charge in [0.15, 0.2) is 17.5 Å². The first-order valence-corrected chi connectivity index (χ1v) is 7.63. The fraction of sp³-hybridized carbons (Fsp3) is 0.706. The average molecular weight is 308 g/mol. The summed E-state index contributed by atoms with van der Waals surface area (Å²) >= 11 is 0. The highest BCUT2D eigenvalue weighted by atomic mass is 16.8. The zero-order valence-corrected chi connectivity index (χ0v) is 13.8. The van der Waals surface area contributed by atoms with Crippen molar-refractivity contribution in [2.45, 2.75) is 57.7 Å². The summed E-state index contributed by atoms with van der Waals surface area (Å²) in [5.41, 5.74) is -1.35. The molecule has 3 rings (SSSR count). The summed E-state index contributed by atoms with van der Waals surface area (Å²) in [6.45, 7) is 10.4. The number of fused-ring (bicyclic) bond motifs is 2. The third-order valence-electron chi connectivity index (χ3n) is 4.39. The number of Topliss-reactive ketones (excluding diaryl/α,β-unsaturated/α-hetero) is 1. The van der Waals surface area contributed by atoms with E-state index < -0.39 is 23.1 Å². The molecule has 2 atom stereocenters. The normalized spacial score (nSPS) is 36.4. The Bertz CT molecular complexity index is 556. The van der Waals surface area contributed by atoms with E-state index in [0.29, 0.717) is 18.8 Å². The van der Waals surface area contributed by atoms with E-state index in [1.165, 1.54) is 0 Å². The molecule has 2 aliphatic heterocycles. The van der Waals surface area contributed by atoms with E-state index in [9.17, 15) is 9.90 Å². The van der Waals surface area contributed by atoms with Crippen LogP contribution in [0, 0.1) is 5.41 Å². The summed E-state index contributed by atoms with van der Waals surface area (Å²) < 4.78 is 17.7. The summed E-state index contributed by atoms with van der Waals surface area (Å²) in [5.74, 6) is -1.12. The molecule has 22 heavy (non-hydrogen) atoms. The summed E-state index contributed by atoms with van der Waals surface area (Å²) in [4.78, 5) is 12.4. The van der Waals surface area contributed by atoms with Crippen LogP contribution in [0.5, 0.6) is 0 Å². The number of ether oxygens (including phenoxy) is 3. The van der Waals surface area contributed by atoms with Crippen LogP contribution in [-0.4, -0.2) is 47.2 Å². The molecule has 2 saturated heterocycles. The molecule has 2 fully saturated rings.